The Morgan fingerprint density at radius 2 is 1.94 bits per heavy atom. The lowest BCUT2D eigenvalue weighted by Gasteiger charge is -2.44. The molecule has 2 N–H and O–H groups in total. The number of hydrogen-bond acceptors (Lipinski definition) is 7. The van der Waals surface area contributed by atoms with Gasteiger partial charge in [0.05, 0.1) is 13.2 Å². The zero-order valence-corrected chi connectivity index (χ0v) is 19.2. The fourth-order valence-electron chi connectivity index (χ4n) is 4.17. The number of ether oxygens (including phenoxy) is 5. The predicted molar refractivity (Wildman–Crippen MR) is 123 cm³/mol. The number of aliphatic hydroxyl groups is 2. The maximum Gasteiger partial charge on any atom is 0.147 e. The Bertz CT molecular complexity index is 947. The summed E-state index contributed by atoms with van der Waals surface area (Å²) >= 11 is 6.60. The number of halogens is 1. The quantitative estimate of drug-likeness (QED) is 0.564. The van der Waals surface area contributed by atoms with Gasteiger partial charge >= 0.3 is 0 Å². The van der Waals surface area contributed by atoms with Crippen LogP contribution in [0.1, 0.15) is 29.7 Å². The minimum absolute atomic E-state index is 0.0554. The highest BCUT2D eigenvalue weighted by Crippen LogP contribution is 2.41. The Hall–Kier alpha value is -2.13. The van der Waals surface area contributed by atoms with Crippen LogP contribution in [-0.4, -0.2) is 61.2 Å². The summed E-state index contributed by atoms with van der Waals surface area (Å²) < 4.78 is 28.3. The molecule has 33 heavy (non-hydrogen) atoms. The van der Waals surface area contributed by atoms with Gasteiger partial charge in [-0.1, -0.05) is 36.4 Å². The Morgan fingerprint density at radius 3 is 2.67 bits per heavy atom. The van der Waals surface area contributed by atoms with E-state index in [1.165, 1.54) is 0 Å². The summed E-state index contributed by atoms with van der Waals surface area (Å²) in [6.45, 7) is 6.82. The average molecular weight is 477 g/mol. The van der Waals surface area contributed by atoms with Gasteiger partial charge in [0.2, 0.25) is 0 Å². The van der Waals surface area contributed by atoms with E-state index in [1.54, 1.807) is 12.1 Å². The van der Waals surface area contributed by atoms with Crippen LogP contribution >= 0.6 is 11.6 Å². The van der Waals surface area contributed by atoms with Crippen LogP contribution in [0.15, 0.2) is 49.1 Å². The minimum atomic E-state index is -1.21. The van der Waals surface area contributed by atoms with E-state index in [0.717, 1.165) is 16.9 Å². The molecule has 0 amide bonds. The van der Waals surface area contributed by atoms with Crippen molar-refractivity contribution in [2.45, 2.75) is 43.9 Å². The standard InChI is InChI=1S/C25H29ClO7/c1-3-9-31-20-12-19(26)16(10-15-5-7-17(8-6-15)30-4-2)11-18(20)24-22(27)23(28)25-21(33-24)13-29-14-32-25/h3,5-8,11-12,21-25,27-28H,1,4,9-10,13-14H2,2H3. The number of rotatable bonds is 8. The van der Waals surface area contributed by atoms with Crippen LogP contribution in [0.25, 0.3) is 0 Å². The fourth-order valence-corrected chi connectivity index (χ4v) is 4.39. The molecule has 2 aromatic carbocycles. The second-order valence-electron chi connectivity index (χ2n) is 8.03. The molecule has 7 nitrogen and oxygen atoms in total. The van der Waals surface area contributed by atoms with Crippen molar-refractivity contribution in [1.29, 1.82) is 0 Å². The van der Waals surface area contributed by atoms with Crippen LogP contribution in [0, 0.1) is 0 Å². The molecule has 2 fully saturated rings. The van der Waals surface area contributed by atoms with Crippen LogP contribution < -0.4 is 9.47 Å². The zero-order valence-electron chi connectivity index (χ0n) is 18.5. The average Bonchev–Trinajstić information content (AvgIpc) is 2.83. The van der Waals surface area contributed by atoms with Gasteiger partial charge in [0.15, 0.2) is 0 Å². The van der Waals surface area contributed by atoms with Crippen molar-refractivity contribution < 1.29 is 33.9 Å². The minimum Gasteiger partial charge on any atom is -0.494 e. The molecule has 0 saturated carbocycles. The number of aliphatic hydroxyl groups excluding tert-OH is 2. The molecule has 0 aliphatic carbocycles. The molecule has 0 radical (unpaired) electrons. The Balaban J connectivity index is 1.65. The highest BCUT2D eigenvalue weighted by Gasteiger charge is 2.48. The van der Waals surface area contributed by atoms with E-state index in [0.29, 0.717) is 29.4 Å². The van der Waals surface area contributed by atoms with Gasteiger partial charge in [-0.25, -0.2) is 0 Å². The maximum atomic E-state index is 10.9. The van der Waals surface area contributed by atoms with E-state index in [1.807, 2.05) is 37.3 Å². The smallest absolute Gasteiger partial charge is 0.147 e. The van der Waals surface area contributed by atoms with Gasteiger partial charge in [0.1, 0.15) is 55.4 Å². The highest BCUT2D eigenvalue weighted by atomic mass is 35.5. The van der Waals surface area contributed by atoms with Gasteiger partial charge in [-0.3, -0.25) is 0 Å². The monoisotopic (exact) mass is 476 g/mol. The summed E-state index contributed by atoms with van der Waals surface area (Å²) in [5.74, 6) is 1.27. The first-order valence-electron chi connectivity index (χ1n) is 11.0. The van der Waals surface area contributed by atoms with Crippen LogP contribution in [0.2, 0.25) is 5.02 Å². The summed E-state index contributed by atoms with van der Waals surface area (Å²) in [6.07, 6.45) is -2.17. The molecule has 4 rings (SSSR count). The second kappa shape index (κ2) is 10.9. The van der Waals surface area contributed by atoms with Gasteiger partial charge in [0, 0.05) is 10.6 Å². The summed E-state index contributed by atoms with van der Waals surface area (Å²) in [5, 5.41) is 22.1. The van der Waals surface area contributed by atoms with Crippen LogP contribution in [0.3, 0.4) is 0 Å². The zero-order chi connectivity index (χ0) is 23.4. The third-order valence-electron chi connectivity index (χ3n) is 5.78. The van der Waals surface area contributed by atoms with Crippen molar-refractivity contribution in [3.05, 3.63) is 70.8 Å². The molecule has 0 bridgehead atoms. The van der Waals surface area contributed by atoms with Crippen LogP contribution in [-0.2, 0) is 20.6 Å². The van der Waals surface area contributed by atoms with Crippen molar-refractivity contribution in [2.75, 3.05) is 26.6 Å². The molecule has 5 unspecified atom stereocenters. The van der Waals surface area contributed by atoms with E-state index in [4.69, 9.17) is 35.3 Å². The molecule has 2 aliphatic rings. The summed E-state index contributed by atoms with van der Waals surface area (Å²) in [6, 6.07) is 11.4. The molecule has 2 aromatic rings. The van der Waals surface area contributed by atoms with E-state index in [9.17, 15) is 10.2 Å². The van der Waals surface area contributed by atoms with Crippen molar-refractivity contribution in [2.24, 2.45) is 0 Å². The molecular formula is C25H29ClO7. The van der Waals surface area contributed by atoms with Crippen molar-refractivity contribution >= 4 is 11.6 Å². The lowest BCUT2D eigenvalue weighted by Crippen LogP contribution is -2.58. The Morgan fingerprint density at radius 1 is 1.15 bits per heavy atom. The number of benzene rings is 2. The highest BCUT2D eigenvalue weighted by molar-refractivity contribution is 6.31. The summed E-state index contributed by atoms with van der Waals surface area (Å²) in [4.78, 5) is 0. The molecule has 2 saturated heterocycles. The first-order valence-corrected chi connectivity index (χ1v) is 11.4. The maximum absolute atomic E-state index is 10.9. The molecule has 5 atom stereocenters. The van der Waals surface area contributed by atoms with Gasteiger partial charge < -0.3 is 33.9 Å². The second-order valence-corrected chi connectivity index (χ2v) is 8.44. The number of fused-ring (bicyclic) bond motifs is 1. The Labute approximate surface area is 198 Å². The molecule has 8 heteroatoms. The molecular weight excluding hydrogens is 448 g/mol. The first-order chi connectivity index (χ1) is 16.0. The molecule has 178 valence electrons. The molecule has 2 heterocycles. The fraction of sp³-hybridized carbons (Fsp3) is 0.440. The van der Waals surface area contributed by atoms with Gasteiger partial charge in [-0.2, -0.15) is 0 Å². The van der Waals surface area contributed by atoms with E-state index < -0.39 is 30.5 Å². The molecule has 2 aliphatic heterocycles. The lowest BCUT2D eigenvalue weighted by atomic mass is 9.89. The largest absolute Gasteiger partial charge is 0.494 e. The molecule has 0 aromatic heterocycles. The van der Waals surface area contributed by atoms with Gasteiger partial charge in [-0.05, 0) is 48.7 Å². The van der Waals surface area contributed by atoms with E-state index >= 15 is 0 Å². The van der Waals surface area contributed by atoms with Crippen molar-refractivity contribution in [1.82, 2.24) is 0 Å². The van der Waals surface area contributed by atoms with Crippen LogP contribution in [0.5, 0.6) is 11.5 Å². The molecule has 0 spiro atoms. The predicted octanol–water partition coefficient (Wildman–Crippen LogP) is 3.43. The van der Waals surface area contributed by atoms with Crippen LogP contribution in [0.4, 0.5) is 0 Å². The third kappa shape index (κ3) is 5.35. The number of hydrogen-bond donors (Lipinski definition) is 2. The van der Waals surface area contributed by atoms with Gasteiger partial charge in [0.25, 0.3) is 0 Å². The Kier molecular flexibility index (Phi) is 7.90. The van der Waals surface area contributed by atoms with Crippen molar-refractivity contribution in [3.8, 4) is 11.5 Å². The van der Waals surface area contributed by atoms with E-state index in [-0.39, 0.29) is 20.0 Å². The third-order valence-corrected chi connectivity index (χ3v) is 6.13. The summed E-state index contributed by atoms with van der Waals surface area (Å²) in [7, 11) is 0. The van der Waals surface area contributed by atoms with Gasteiger partial charge in [-0.15, -0.1) is 0 Å². The lowest BCUT2D eigenvalue weighted by molar-refractivity contribution is -0.296. The summed E-state index contributed by atoms with van der Waals surface area (Å²) in [5.41, 5.74) is 2.48. The topological polar surface area (TPSA) is 86.6 Å². The SMILES string of the molecule is C=CCOc1cc(Cl)c(Cc2ccc(OCC)cc2)cc1C1OC2COCOC2C(O)C1O. The normalized spacial score (nSPS) is 27.0. The first kappa shape index (κ1) is 24.0. The van der Waals surface area contributed by atoms with E-state index in [2.05, 4.69) is 6.58 Å². The van der Waals surface area contributed by atoms with Crippen molar-refractivity contribution in [3.63, 3.8) is 0 Å².